The van der Waals surface area contributed by atoms with E-state index in [9.17, 15) is 9.59 Å². The Morgan fingerprint density at radius 1 is 1.17 bits per heavy atom. The summed E-state index contributed by atoms with van der Waals surface area (Å²) in [5.41, 5.74) is 3.58. The predicted molar refractivity (Wildman–Crippen MR) is 90.6 cm³/mol. The summed E-state index contributed by atoms with van der Waals surface area (Å²) in [5, 5.41) is 0. The molecule has 1 atom stereocenters. The van der Waals surface area contributed by atoms with Crippen LogP contribution in [0.3, 0.4) is 0 Å². The molecule has 0 amide bonds. The summed E-state index contributed by atoms with van der Waals surface area (Å²) in [6.45, 7) is 7.46. The normalized spacial score (nSPS) is 12.0. The molecule has 0 aliphatic carbocycles. The van der Waals surface area contributed by atoms with Crippen LogP contribution in [-0.2, 0) is 16.0 Å². The second-order valence-electron chi connectivity index (χ2n) is 5.49. The molecule has 4 heteroatoms. The molecule has 0 radical (unpaired) electrons. The largest absolute Gasteiger partial charge is 0.465 e. The first-order chi connectivity index (χ1) is 11.0. The summed E-state index contributed by atoms with van der Waals surface area (Å²) in [6, 6.07) is 11.7. The molecule has 23 heavy (non-hydrogen) atoms. The van der Waals surface area contributed by atoms with E-state index in [-0.39, 0.29) is 11.9 Å². The zero-order chi connectivity index (χ0) is 17.0. The second-order valence-corrected chi connectivity index (χ2v) is 5.49. The van der Waals surface area contributed by atoms with Crippen molar-refractivity contribution >= 4 is 11.9 Å². The second kappa shape index (κ2) is 7.27. The predicted octanol–water partition coefficient (Wildman–Crippen LogP) is 4.04. The molecule has 0 saturated heterocycles. The third kappa shape index (κ3) is 3.36. The van der Waals surface area contributed by atoms with Gasteiger partial charge < -0.3 is 4.74 Å². The Morgan fingerprint density at radius 2 is 1.83 bits per heavy atom. The Morgan fingerprint density at radius 3 is 2.35 bits per heavy atom. The third-order valence-corrected chi connectivity index (χ3v) is 3.93. The van der Waals surface area contributed by atoms with Gasteiger partial charge in [0.05, 0.1) is 18.2 Å². The lowest BCUT2D eigenvalue weighted by molar-refractivity contribution is -0.144. The molecule has 0 spiro atoms. The molecular formula is C19H23NO3. The fourth-order valence-corrected chi connectivity index (χ4v) is 2.81. The van der Waals surface area contributed by atoms with Crippen molar-refractivity contribution in [3.05, 3.63) is 47.7 Å². The van der Waals surface area contributed by atoms with Crippen molar-refractivity contribution in [2.75, 3.05) is 6.61 Å². The molecule has 0 fully saturated rings. The first-order valence-electron chi connectivity index (χ1n) is 7.98. The summed E-state index contributed by atoms with van der Waals surface area (Å²) in [6.07, 6.45) is 0.785. The van der Waals surface area contributed by atoms with Gasteiger partial charge in [0.2, 0.25) is 5.91 Å². The number of benzene rings is 1. The highest BCUT2D eigenvalue weighted by atomic mass is 16.5. The monoisotopic (exact) mass is 313 g/mol. The highest BCUT2D eigenvalue weighted by molar-refractivity contribution is 5.87. The zero-order valence-corrected chi connectivity index (χ0v) is 14.1. The number of esters is 1. The van der Waals surface area contributed by atoms with Crippen molar-refractivity contribution in [3.8, 4) is 11.3 Å². The van der Waals surface area contributed by atoms with Crippen molar-refractivity contribution in [1.82, 2.24) is 4.57 Å². The lowest BCUT2D eigenvalue weighted by atomic mass is 10.1. The quantitative estimate of drug-likeness (QED) is 0.783. The van der Waals surface area contributed by atoms with Crippen molar-refractivity contribution < 1.29 is 14.3 Å². The van der Waals surface area contributed by atoms with Gasteiger partial charge in [0.15, 0.2) is 0 Å². The average molecular weight is 313 g/mol. The van der Waals surface area contributed by atoms with E-state index in [0.29, 0.717) is 12.3 Å². The number of hydrogen-bond acceptors (Lipinski definition) is 3. The molecule has 0 aliphatic heterocycles. The van der Waals surface area contributed by atoms with E-state index in [2.05, 4.69) is 0 Å². The van der Waals surface area contributed by atoms with Crippen LogP contribution in [0, 0.1) is 0 Å². The van der Waals surface area contributed by atoms with Crippen molar-refractivity contribution in [3.63, 3.8) is 0 Å². The number of carbonyl (C=O) groups excluding carboxylic acids is 2. The van der Waals surface area contributed by atoms with E-state index in [1.54, 1.807) is 18.4 Å². The van der Waals surface area contributed by atoms with Crippen LogP contribution in [0.2, 0.25) is 0 Å². The minimum Gasteiger partial charge on any atom is -0.465 e. The number of hydrogen-bond donors (Lipinski definition) is 0. The number of ether oxygens (including phenoxy) is 1. The van der Waals surface area contributed by atoms with E-state index in [1.165, 1.54) is 6.92 Å². The first kappa shape index (κ1) is 17.0. The molecule has 1 heterocycles. The van der Waals surface area contributed by atoms with Gasteiger partial charge in [-0.2, -0.15) is 0 Å². The Hall–Kier alpha value is -2.36. The minimum atomic E-state index is -0.485. The summed E-state index contributed by atoms with van der Waals surface area (Å²) < 4.78 is 6.77. The Kier molecular flexibility index (Phi) is 5.37. The van der Waals surface area contributed by atoms with Crippen LogP contribution in [0.15, 0.2) is 36.4 Å². The molecule has 122 valence electrons. The van der Waals surface area contributed by atoms with Gasteiger partial charge in [-0.25, -0.2) is 0 Å². The molecule has 0 bridgehead atoms. The standard InChI is InChI=1S/C19H23NO3/c1-5-15-12-17(13(3)19(22)23-6-2)20(14(4)21)18(15)16-10-8-7-9-11-16/h7-13H,5-6H2,1-4H3. The molecule has 1 unspecified atom stereocenters. The van der Waals surface area contributed by atoms with E-state index < -0.39 is 5.92 Å². The number of aromatic nitrogens is 1. The maximum absolute atomic E-state index is 12.3. The molecule has 4 nitrogen and oxygen atoms in total. The maximum Gasteiger partial charge on any atom is 0.314 e. The van der Waals surface area contributed by atoms with Gasteiger partial charge in [-0.3, -0.25) is 14.2 Å². The van der Waals surface area contributed by atoms with Crippen LogP contribution in [0.5, 0.6) is 0 Å². The van der Waals surface area contributed by atoms with E-state index in [0.717, 1.165) is 23.2 Å². The Labute approximate surface area is 137 Å². The van der Waals surface area contributed by atoms with Crippen molar-refractivity contribution in [2.45, 2.75) is 40.0 Å². The van der Waals surface area contributed by atoms with Crippen molar-refractivity contribution in [1.29, 1.82) is 0 Å². The van der Waals surface area contributed by atoms with Crippen LogP contribution >= 0.6 is 0 Å². The smallest absolute Gasteiger partial charge is 0.314 e. The van der Waals surface area contributed by atoms with E-state index in [4.69, 9.17) is 4.74 Å². The molecule has 1 aromatic carbocycles. The van der Waals surface area contributed by atoms with Crippen LogP contribution in [0.25, 0.3) is 11.3 Å². The zero-order valence-electron chi connectivity index (χ0n) is 14.1. The van der Waals surface area contributed by atoms with Crippen LogP contribution in [0.4, 0.5) is 0 Å². The average Bonchev–Trinajstić information content (AvgIpc) is 2.94. The van der Waals surface area contributed by atoms with Crippen LogP contribution < -0.4 is 0 Å². The number of rotatable bonds is 5. The topological polar surface area (TPSA) is 48.3 Å². The Bertz CT molecular complexity index is 701. The summed E-state index contributed by atoms with van der Waals surface area (Å²) in [4.78, 5) is 24.4. The van der Waals surface area contributed by atoms with Gasteiger partial charge in [-0.05, 0) is 37.5 Å². The van der Waals surface area contributed by atoms with Gasteiger partial charge in [0.25, 0.3) is 0 Å². The first-order valence-corrected chi connectivity index (χ1v) is 7.98. The van der Waals surface area contributed by atoms with Gasteiger partial charge in [0.1, 0.15) is 0 Å². The molecule has 2 aromatic rings. The highest BCUT2D eigenvalue weighted by Gasteiger charge is 2.26. The molecule has 1 aromatic heterocycles. The van der Waals surface area contributed by atoms with Crippen molar-refractivity contribution in [2.24, 2.45) is 0 Å². The lowest BCUT2D eigenvalue weighted by Crippen LogP contribution is -2.19. The minimum absolute atomic E-state index is 0.102. The maximum atomic E-state index is 12.3. The summed E-state index contributed by atoms with van der Waals surface area (Å²) in [5.74, 6) is -0.897. The van der Waals surface area contributed by atoms with Gasteiger partial charge >= 0.3 is 5.97 Å². The van der Waals surface area contributed by atoms with Crippen LogP contribution in [0.1, 0.15) is 49.7 Å². The highest BCUT2D eigenvalue weighted by Crippen LogP contribution is 2.32. The lowest BCUT2D eigenvalue weighted by Gasteiger charge is -2.15. The van der Waals surface area contributed by atoms with Gasteiger partial charge in [0, 0.05) is 12.6 Å². The van der Waals surface area contributed by atoms with E-state index in [1.807, 2.05) is 43.3 Å². The fourth-order valence-electron chi connectivity index (χ4n) is 2.81. The fraction of sp³-hybridized carbons (Fsp3) is 0.368. The number of nitrogens with zero attached hydrogens (tertiary/aromatic N) is 1. The Balaban J connectivity index is 2.63. The number of aryl methyl sites for hydroxylation is 1. The molecule has 2 rings (SSSR count). The molecule has 0 N–H and O–H groups in total. The number of carbonyl (C=O) groups is 2. The molecule has 0 aliphatic rings. The summed E-state index contributed by atoms with van der Waals surface area (Å²) >= 11 is 0. The van der Waals surface area contributed by atoms with E-state index >= 15 is 0 Å². The SMILES string of the molecule is CCOC(=O)C(C)c1cc(CC)c(-c2ccccc2)n1C(C)=O. The molecular weight excluding hydrogens is 290 g/mol. The molecule has 0 saturated carbocycles. The third-order valence-electron chi connectivity index (χ3n) is 3.93. The van der Waals surface area contributed by atoms with Gasteiger partial charge in [-0.1, -0.05) is 37.3 Å². The summed E-state index contributed by atoms with van der Waals surface area (Å²) in [7, 11) is 0. The van der Waals surface area contributed by atoms with Crippen LogP contribution in [-0.4, -0.2) is 23.1 Å². The van der Waals surface area contributed by atoms with Gasteiger partial charge in [-0.15, -0.1) is 0 Å².